The topological polar surface area (TPSA) is 81.8 Å². The molecular weight excluding hydrogens is 328 g/mol. The Morgan fingerprint density at radius 2 is 1.42 bits per heavy atom. The second-order valence-corrected chi connectivity index (χ2v) is 7.79. The van der Waals surface area contributed by atoms with Gasteiger partial charge in [-0.25, -0.2) is 9.59 Å². The molecule has 0 saturated carbocycles. The molecule has 0 aliphatic carbocycles. The molecule has 0 radical (unpaired) electrons. The summed E-state index contributed by atoms with van der Waals surface area (Å²) in [5.41, 5.74) is 5.73. The van der Waals surface area contributed by atoms with Gasteiger partial charge in [0.2, 0.25) is 0 Å². The Labute approximate surface area is 160 Å². The fourth-order valence-corrected chi connectivity index (χ4v) is 2.56. The zero-order valence-corrected chi connectivity index (χ0v) is 17.5. The van der Waals surface area contributed by atoms with Crippen LogP contribution in [0.25, 0.3) is 0 Å². The first-order valence-corrected chi connectivity index (χ1v) is 10.3. The van der Waals surface area contributed by atoms with Crippen LogP contribution in [0.1, 0.15) is 92.4 Å². The van der Waals surface area contributed by atoms with Gasteiger partial charge in [0.15, 0.2) is 0 Å². The first-order chi connectivity index (χ1) is 12.3. The lowest BCUT2D eigenvalue weighted by molar-refractivity contribution is -0.162. The van der Waals surface area contributed by atoms with E-state index in [1.165, 1.54) is 44.9 Å². The lowest BCUT2D eigenvalue weighted by atomic mass is 10.0. The van der Waals surface area contributed by atoms with E-state index in [1.54, 1.807) is 6.21 Å². The summed E-state index contributed by atoms with van der Waals surface area (Å²) in [5.74, 6) is -1.37. The van der Waals surface area contributed by atoms with Crippen molar-refractivity contribution in [3.63, 3.8) is 0 Å². The minimum absolute atomic E-state index is 0.0274. The Kier molecular flexibility index (Phi) is 14.2. The molecule has 0 unspecified atom stereocenters. The minimum Gasteiger partial charge on any atom is -0.390 e. The summed E-state index contributed by atoms with van der Waals surface area (Å²) in [6.07, 6.45) is 12.8. The monoisotopic (exact) mass is 368 g/mol. The van der Waals surface area contributed by atoms with E-state index in [1.807, 2.05) is 27.7 Å². The summed E-state index contributed by atoms with van der Waals surface area (Å²) in [6, 6.07) is -1.43. The van der Waals surface area contributed by atoms with Crippen molar-refractivity contribution < 1.29 is 14.3 Å². The second-order valence-electron chi connectivity index (χ2n) is 7.79. The predicted octanol–water partition coefficient (Wildman–Crippen LogP) is 4.67. The van der Waals surface area contributed by atoms with Crippen molar-refractivity contribution in [1.29, 1.82) is 0 Å². The standard InChI is InChI=1S/C21H40N2O3/c1-6-7-8-9-10-11-12-13-14-15-23-19(17(4)5)21(25)26-20(24)18(22)16(2)3/h15-19H,6-14,22H2,1-5H3/t18-,19-/m0/s1. The van der Waals surface area contributed by atoms with E-state index in [0.29, 0.717) is 0 Å². The van der Waals surface area contributed by atoms with E-state index >= 15 is 0 Å². The molecule has 0 aliphatic heterocycles. The molecule has 0 heterocycles. The number of aliphatic imine (C=N–C) groups is 1. The Bertz CT molecular complexity index is 419. The third-order valence-corrected chi connectivity index (χ3v) is 4.52. The van der Waals surface area contributed by atoms with Crippen LogP contribution < -0.4 is 5.73 Å². The highest BCUT2D eigenvalue weighted by Gasteiger charge is 2.28. The van der Waals surface area contributed by atoms with Crippen LogP contribution >= 0.6 is 0 Å². The number of carbonyl (C=O) groups excluding carboxylic acids is 2. The van der Waals surface area contributed by atoms with Crippen LogP contribution in [0.3, 0.4) is 0 Å². The Hall–Kier alpha value is -1.23. The Balaban J connectivity index is 4.16. The summed E-state index contributed by atoms with van der Waals surface area (Å²) >= 11 is 0. The molecule has 0 bridgehead atoms. The predicted molar refractivity (Wildman–Crippen MR) is 108 cm³/mol. The zero-order valence-electron chi connectivity index (χ0n) is 17.5. The largest absolute Gasteiger partial charge is 0.390 e. The molecular formula is C21H40N2O3. The van der Waals surface area contributed by atoms with Crippen molar-refractivity contribution in [2.75, 3.05) is 0 Å². The molecule has 2 N–H and O–H groups in total. The van der Waals surface area contributed by atoms with Crippen molar-refractivity contribution in [1.82, 2.24) is 0 Å². The number of hydrogen-bond donors (Lipinski definition) is 1. The van der Waals surface area contributed by atoms with Crippen LogP contribution in [-0.4, -0.2) is 30.2 Å². The summed E-state index contributed by atoms with van der Waals surface area (Å²) < 4.78 is 4.92. The third kappa shape index (κ3) is 11.4. The van der Waals surface area contributed by atoms with Gasteiger partial charge < -0.3 is 10.5 Å². The molecule has 152 valence electrons. The molecule has 0 saturated heterocycles. The first kappa shape index (κ1) is 24.8. The average Bonchev–Trinajstić information content (AvgIpc) is 2.58. The number of hydrogen-bond acceptors (Lipinski definition) is 5. The third-order valence-electron chi connectivity index (χ3n) is 4.52. The fourth-order valence-electron chi connectivity index (χ4n) is 2.56. The number of carbonyl (C=O) groups is 2. The van der Waals surface area contributed by atoms with Crippen LogP contribution in [0.2, 0.25) is 0 Å². The number of esters is 2. The van der Waals surface area contributed by atoms with Crippen molar-refractivity contribution in [3.05, 3.63) is 0 Å². The van der Waals surface area contributed by atoms with Crippen LogP contribution in [0.4, 0.5) is 0 Å². The van der Waals surface area contributed by atoms with E-state index in [9.17, 15) is 9.59 Å². The van der Waals surface area contributed by atoms with Crippen LogP contribution in [0.5, 0.6) is 0 Å². The lowest BCUT2D eigenvalue weighted by Crippen LogP contribution is -2.40. The number of unbranched alkanes of at least 4 members (excludes halogenated alkanes) is 8. The van der Waals surface area contributed by atoms with Gasteiger partial charge in [-0.1, -0.05) is 79.6 Å². The molecule has 5 heteroatoms. The molecule has 0 amide bonds. The smallest absolute Gasteiger partial charge is 0.338 e. The van der Waals surface area contributed by atoms with E-state index in [2.05, 4.69) is 11.9 Å². The molecule has 0 rings (SSSR count). The highest BCUT2D eigenvalue weighted by molar-refractivity contribution is 5.91. The van der Waals surface area contributed by atoms with Gasteiger partial charge in [0.05, 0.1) is 0 Å². The van der Waals surface area contributed by atoms with Gasteiger partial charge in [0, 0.05) is 0 Å². The molecule has 26 heavy (non-hydrogen) atoms. The highest BCUT2D eigenvalue weighted by Crippen LogP contribution is 2.12. The maximum atomic E-state index is 12.2. The molecule has 0 aliphatic rings. The van der Waals surface area contributed by atoms with E-state index in [-0.39, 0.29) is 11.8 Å². The van der Waals surface area contributed by atoms with Gasteiger partial charge in [-0.3, -0.25) is 4.99 Å². The number of nitrogens with two attached hydrogens (primary N) is 1. The van der Waals surface area contributed by atoms with Crippen LogP contribution in [0, 0.1) is 11.8 Å². The maximum Gasteiger partial charge on any atom is 0.338 e. The fraction of sp³-hybridized carbons (Fsp3) is 0.857. The average molecular weight is 369 g/mol. The van der Waals surface area contributed by atoms with Crippen molar-refractivity contribution in [3.8, 4) is 0 Å². The molecule has 2 atom stereocenters. The van der Waals surface area contributed by atoms with E-state index in [0.717, 1.165) is 12.8 Å². The normalized spacial score (nSPS) is 14.2. The summed E-state index contributed by atoms with van der Waals surface area (Å²) in [7, 11) is 0. The molecule has 0 fully saturated rings. The van der Waals surface area contributed by atoms with Gasteiger partial charge >= 0.3 is 11.9 Å². The van der Waals surface area contributed by atoms with Gasteiger partial charge in [-0.05, 0) is 30.9 Å². The highest BCUT2D eigenvalue weighted by atomic mass is 16.6. The Morgan fingerprint density at radius 3 is 1.92 bits per heavy atom. The molecule has 0 aromatic rings. The van der Waals surface area contributed by atoms with Gasteiger partial charge in [0.25, 0.3) is 0 Å². The van der Waals surface area contributed by atoms with Gasteiger partial charge in [-0.2, -0.15) is 0 Å². The van der Waals surface area contributed by atoms with Crippen LogP contribution in [-0.2, 0) is 14.3 Å². The van der Waals surface area contributed by atoms with E-state index in [4.69, 9.17) is 10.5 Å². The number of nitrogens with zero attached hydrogens (tertiary/aromatic N) is 1. The molecule has 5 nitrogen and oxygen atoms in total. The maximum absolute atomic E-state index is 12.2. The molecule has 0 aromatic heterocycles. The number of rotatable bonds is 14. The first-order valence-electron chi connectivity index (χ1n) is 10.3. The van der Waals surface area contributed by atoms with Crippen molar-refractivity contribution in [2.45, 2.75) is 104 Å². The van der Waals surface area contributed by atoms with Crippen molar-refractivity contribution in [2.24, 2.45) is 22.6 Å². The summed E-state index contributed by atoms with van der Waals surface area (Å²) in [6.45, 7) is 9.66. The molecule has 0 aromatic carbocycles. The summed E-state index contributed by atoms with van der Waals surface area (Å²) in [4.78, 5) is 28.4. The molecule has 0 spiro atoms. The SMILES string of the molecule is CCCCCCCCCCC=N[C@H](C(=O)OC(=O)[C@@H](N)C(C)C)C(C)C. The quantitative estimate of drug-likeness (QED) is 0.209. The van der Waals surface area contributed by atoms with Gasteiger partial charge in [0.1, 0.15) is 12.1 Å². The van der Waals surface area contributed by atoms with E-state index < -0.39 is 24.0 Å². The second kappa shape index (κ2) is 14.9. The van der Waals surface area contributed by atoms with Crippen molar-refractivity contribution >= 4 is 18.2 Å². The zero-order chi connectivity index (χ0) is 19.9. The minimum atomic E-state index is -0.784. The number of ether oxygens (including phenoxy) is 1. The van der Waals surface area contributed by atoms with Gasteiger partial charge in [-0.15, -0.1) is 0 Å². The lowest BCUT2D eigenvalue weighted by Gasteiger charge is -2.17. The van der Waals surface area contributed by atoms with Crippen LogP contribution in [0.15, 0.2) is 4.99 Å². The summed E-state index contributed by atoms with van der Waals surface area (Å²) in [5, 5.41) is 0. The Morgan fingerprint density at radius 1 is 0.885 bits per heavy atom.